The molecule has 2 unspecified atom stereocenters. The lowest BCUT2D eigenvalue weighted by molar-refractivity contribution is 0.0918. The largest absolute Gasteiger partial charge is 0.465 e. The van der Waals surface area contributed by atoms with E-state index in [0.29, 0.717) is 21.6 Å². The monoisotopic (exact) mass is 403 g/mol. The van der Waals surface area contributed by atoms with E-state index in [0.717, 1.165) is 23.3 Å². The number of rotatable bonds is 5. The van der Waals surface area contributed by atoms with Gasteiger partial charge in [-0.25, -0.2) is 4.98 Å². The number of amides is 1. The van der Waals surface area contributed by atoms with Crippen molar-refractivity contribution in [3.05, 3.63) is 51.6 Å². The molecule has 25 heavy (non-hydrogen) atoms. The molecule has 3 rings (SSSR count). The zero-order valence-corrected chi connectivity index (χ0v) is 16.4. The van der Waals surface area contributed by atoms with Crippen LogP contribution in [0.4, 0.5) is 0 Å². The van der Waals surface area contributed by atoms with Gasteiger partial charge in [0.1, 0.15) is 17.3 Å². The first-order chi connectivity index (χ1) is 11.9. The maximum absolute atomic E-state index is 12.9. The second-order valence-electron chi connectivity index (χ2n) is 6.38. The smallest absolute Gasteiger partial charge is 0.256 e. The predicted molar refractivity (Wildman–Crippen MR) is 102 cm³/mol. The second kappa shape index (κ2) is 7.04. The molecule has 5 nitrogen and oxygen atoms in total. The Kier molecular flexibility index (Phi) is 4.99. The molecule has 132 valence electrons. The molecular weight excluding hydrogens is 382 g/mol. The maximum atomic E-state index is 12.9. The van der Waals surface area contributed by atoms with Crippen LogP contribution in [0, 0.1) is 19.8 Å². The number of furan rings is 1. The molecule has 0 aliphatic heterocycles. The van der Waals surface area contributed by atoms with Crippen LogP contribution in [-0.4, -0.2) is 15.9 Å². The van der Waals surface area contributed by atoms with Crippen molar-refractivity contribution in [1.29, 1.82) is 0 Å². The SMILES string of the molecule is CCC(C)C(NC(=O)c1c(C)oc(C)c1Br)c1nc2ccccc2[nH]1. The minimum atomic E-state index is -0.202. The van der Waals surface area contributed by atoms with Crippen LogP contribution in [-0.2, 0) is 0 Å². The third kappa shape index (κ3) is 3.35. The van der Waals surface area contributed by atoms with E-state index < -0.39 is 0 Å². The van der Waals surface area contributed by atoms with Crippen molar-refractivity contribution >= 4 is 32.9 Å². The van der Waals surface area contributed by atoms with E-state index in [2.05, 4.69) is 45.1 Å². The number of aromatic amines is 1. The Labute approximate surface area is 155 Å². The average molecular weight is 404 g/mol. The minimum Gasteiger partial charge on any atom is -0.465 e. The molecule has 2 atom stereocenters. The summed E-state index contributed by atoms with van der Waals surface area (Å²) in [4.78, 5) is 20.9. The van der Waals surface area contributed by atoms with Crippen molar-refractivity contribution in [2.24, 2.45) is 5.92 Å². The third-order valence-electron chi connectivity index (χ3n) is 4.62. The number of nitrogens with one attached hydrogen (secondary N) is 2. The van der Waals surface area contributed by atoms with E-state index in [1.165, 1.54) is 0 Å². The van der Waals surface area contributed by atoms with Gasteiger partial charge in [0, 0.05) is 0 Å². The van der Waals surface area contributed by atoms with Gasteiger partial charge in [-0.3, -0.25) is 4.79 Å². The fraction of sp³-hybridized carbons (Fsp3) is 0.368. The van der Waals surface area contributed by atoms with E-state index in [1.54, 1.807) is 6.92 Å². The lowest BCUT2D eigenvalue weighted by Crippen LogP contribution is -2.33. The van der Waals surface area contributed by atoms with Gasteiger partial charge in [-0.05, 0) is 47.8 Å². The quantitative estimate of drug-likeness (QED) is 0.625. The Bertz CT molecular complexity index is 880. The molecule has 1 amide bonds. The molecule has 0 aliphatic carbocycles. The molecule has 2 heterocycles. The lowest BCUT2D eigenvalue weighted by atomic mass is 9.98. The summed E-state index contributed by atoms with van der Waals surface area (Å²) in [5.41, 5.74) is 2.41. The third-order valence-corrected chi connectivity index (χ3v) is 5.57. The number of H-pyrrole nitrogens is 1. The van der Waals surface area contributed by atoms with Crippen LogP contribution in [0.15, 0.2) is 33.2 Å². The fourth-order valence-electron chi connectivity index (χ4n) is 2.96. The number of aryl methyl sites for hydroxylation is 2. The van der Waals surface area contributed by atoms with E-state index in [4.69, 9.17) is 4.42 Å². The van der Waals surface area contributed by atoms with E-state index in [-0.39, 0.29) is 17.9 Å². The summed E-state index contributed by atoms with van der Waals surface area (Å²) in [7, 11) is 0. The Morgan fingerprint density at radius 3 is 2.64 bits per heavy atom. The first kappa shape index (κ1) is 17.7. The van der Waals surface area contributed by atoms with E-state index >= 15 is 0 Å². The number of aromatic nitrogens is 2. The number of benzene rings is 1. The molecule has 0 radical (unpaired) electrons. The predicted octanol–water partition coefficient (Wildman–Crippen LogP) is 5.05. The fourth-order valence-corrected chi connectivity index (χ4v) is 3.50. The number of nitrogens with zero attached hydrogens (tertiary/aromatic N) is 1. The van der Waals surface area contributed by atoms with E-state index in [1.807, 2.05) is 31.2 Å². The van der Waals surface area contributed by atoms with Crippen LogP contribution in [0.25, 0.3) is 11.0 Å². The molecular formula is C19H22BrN3O2. The maximum Gasteiger partial charge on any atom is 0.256 e. The molecule has 0 spiro atoms. The normalized spacial score (nSPS) is 13.8. The highest BCUT2D eigenvalue weighted by Gasteiger charge is 2.27. The van der Waals surface area contributed by atoms with Crippen LogP contribution in [0.2, 0.25) is 0 Å². The van der Waals surface area contributed by atoms with Gasteiger partial charge in [-0.2, -0.15) is 0 Å². The van der Waals surface area contributed by atoms with Gasteiger partial charge >= 0.3 is 0 Å². The van der Waals surface area contributed by atoms with Crippen molar-refractivity contribution in [2.45, 2.75) is 40.2 Å². The molecule has 2 N–H and O–H groups in total. The van der Waals surface area contributed by atoms with Crippen LogP contribution >= 0.6 is 15.9 Å². The lowest BCUT2D eigenvalue weighted by Gasteiger charge is -2.22. The topological polar surface area (TPSA) is 70.9 Å². The van der Waals surface area contributed by atoms with Crippen LogP contribution < -0.4 is 5.32 Å². The van der Waals surface area contributed by atoms with Gasteiger partial charge < -0.3 is 14.7 Å². The number of para-hydroxylation sites is 2. The molecule has 3 aromatic rings. The number of hydrogen-bond donors (Lipinski definition) is 2. The highest BCUT2D eigenvalue weighted by atomic mass is 79.9. The summed E-state index contributed by atoms with van der Waals surface area (Å²) >= 11 is 3.45. The molecule has 1 aromatic carbocycles. The zero-order chi connectivity index (χ0) is 18.1. The summed E-state index contributed by atoms with van der Waals surface area (Å²) in [6.45, 7) is 7.85. The number of carbonyl (C=O) groups is 1. The van der Waals surface area contributed by atoms with Crippen LogP contribution in [0.5, 0.6) is 0 Å². The second-order valence-corrected chi connectivity index (χ2v) is 7.17. The first-order valence-electron chi connectivity index (χ1n) is 8.43. The minimum absolute atomic E-state index is 0.160. The zero-order valence-electron chi connectivity index (χ0n) is 14.8. The van der Waals surface area contributed by atoms with Crippen molar-refractivity contribution < 1.29 is 9.21 Å². The Balaban J connectivity index is 1.95. The van der Waals surface area contributed by atoms with Gasteiger partial charge in [0.15, 0.2) is 0 Å². The van der Waals surface area contributed by atoms with Crippen LogP contribution in [0.3, 0.4) is 0 Å². The Morgan fingerprint density at radius 2 is 2.04 bits per heavy atom. The molecule has 0 bridgehead atoms. The van der Waals surface area contributed by atoms with Gasteiger partial charge in [-0.1, -0.05) is 32.4 Å². The standard InChI is InChI=1S/C19H22BrN3O2/c1-5-10(2)17(18-21-13-8-6-7-9-14(13)22-18)23-19(24)15-11(3)25-12(4)16(15)20/h6-10,17H,5H2,1-4H3,(H,21,22)(H,23,24). The van der Waals surface area contributed by atoms with Crippen molar-refractivity contribution in [3.63, 3.8) is 0 Å². The van der Waals surface area contributed by atoms with Crippen LogP contribution in [0.1, 0.15) is 54.0 Å². The van der Waals surface area contributed by atoms with Gasteiger partial charge in [-0.15, -0.1) is 0 Å². The highest BCUT2D eigenvalue weighted by Crippen LogP contribution is 2.30. The van der Waals surface area contributed by atoms with Gasteiger partial charge in [0.25, 0.3) is 5.91 Å². The van der Waals surface area contributed by atoms with Crippen molar-refractivity contribution in [1.82, 2.24) is 15.3 Å². The number of carbonyl (C=O) groups excluding carboxylic acids is 1. The number of halogens is 1. The molecule has 0 fully saturated rings. The molecule has 0 aliphatic rings. The number of hydrogen-bond acceptors (Lipinski definition) is 3. The van der Waals surface area contributed by atoms with Gasteiger partial charge in [0.05, 0.1) is 27.1 Å². The molecule has 0 saturated heterocycles. The summed E-state index contributed by atoms with van der Waals surface area (Å²) in [6, 6.07) is 7.67. The first-order valence-corrected chi connectivity index (χ1v) is 9.22. The summed E-state index contributed by atoms with van der Waals surface area (Å²) in [6.07, 6.45) is 0.923. The summed E-state index contributed by atoms with van der Waals surface area (Å²) in [5.74, 6) is 2.15. The average Bonchev–Trinajstić information content (AvgIpc) is 3.12. The van der Waals surface area contributed by atoms with Crippen molar-refractivity contribution in [3.8, 4) is 0 Å². The summed E-state index contributed by atoms with van der Waals surface area (Å²) < 4.78 is 6.26. The number of fused-ring (bicyclic) bond motifs is 1. The van der Waals surface area contributed by atoms with E-state index in [9.17, 15) is 4.79 Å². The van der Waals surface area contributed by atoms with Crippen molar-refractivity contribution in [2.75, 3.05) is 0 Å². The molecule has 6 heteroatoms. The highest BCUT2D eigenvalue weighted by molar-refractivity contribution is 9.10. The van der Waals surface area contributed by atoms with Gasteiger partial charge in [0.2, 0.25) is 0 Å². The Morgan fingerprint density at radius 1 is 1.32 bits per heavy atom. The Hall–Kier alpha value is -2.08. The molecule has 2 aromatic heterocycles. The number of imidazole rings is 1. The summed E-state index contributed by atoms with van der Waals surface area (Å²) in [5, 5.41) is 3.13. The molecule has 0 saturated carbocycles.